The number of halogens is 1. The molecule has 2 heterocycles. The Morgan fingerprint density at radius 2 is 1.77 bits per heavy atom. The first kappa shape index (κ1) is 20.3. The van der Waals surface area contributed by atoms with Crippen LogP contribution < -0.4 is 5.32 Å². The van der Waals surface area contributed by atoms with E-state index in [4.69, 9.17) is 0 Å². The molecule has 0 radical (unpaired) electrons. The predicted molar refractivity (Wildman–Crippen MR) is 116 cm³/mol. The maximum Gasteiger partial charge on any atom is 0.265 e. The largest absolute Gasteiger partial charge is 0.336 e. The Morgan fingerprint density at radius 1 is 0.967 bits per heavy atom. The van der Waals surface area contributed by atoms with Crippen LogP contribution in [0.1, 0.15) is 25.6 Å². The van der Waals surface area contributed by atoms with Gasteiger partial charge in [0.15, 0.2) is 0 Å². The number of nitrogens with one attached hydrogen (secondary N) is 1. The van der Waals surface area contributed by atoms with Gasteiger partial charge < -0.3 is 10.2 Å². The molecule has 154 valence electrons. The van der Waals surface area contributed by atoms with E-state index < -0.39 is 5.82 Å². The predicted octanol–water partition coefficient (Wildman–Crippen LogP) is 4.10. The standard InChI is InChI=1S/C23H22FN3O2S/c24-19-6-2-5-18(15-19)23(29)27-11-9-26(10-12-27)16-17-4-1-7-20(14-17)25-22(28)21-8-3-13-30-21/h1-8,13-15H,9-12,16H2,(H,25,28). The quantitative estimate of drug-likeness (QED) is 0.672. The number of benzene rings is 2. The number of carbonyl (C=O) groups is 2. The highest BCUT2D eigenvalue weighted by atomic mass is 32.1. The highest BCUT2D eigenvalue weighted by molar-refractivity contribution is 7.12. The van der Waals surface area contributed by atoms with Crippen LogP contribution in [0, 0.1) is 5.82 Å². The van der Waals surface area contributed by atoms with Crippen LogP contribution in [0.15, 0.2) is 66.0 Å². The van der Waals surface area contributed by atoms with Crippen LogP contribution in [0.4, 0.5) is 10.1 Å². The lowest BCUT2D eigenvalue weighted by Gasteiger charge is -2.34. The van der Waals surface area contributed by atoms with E-state index in [1.165, 1.54) is 23.5 Å². The molecule has 1 aromatic heterocycles. The molecule has 0 atom stereocenters. The fraction of sp³-hybridized carbons (Fsp3) is 0.217. The normalized spacial score (nSPS) is 14.5. The van der Waals surface area contributed by atoms with Crippen molar-refractivity contribution in [1.82, 2.24) is 9.80 Å². The summed E-state index contributed by atoms with van der Waals surface area (Å²) in [5, 5.41) is 4.82. The summed E-state index contributed by atoms with van der Waals surface area (Å²) in [6, 6.07) is 17.3. The van der Waals surface area contributed by atoms with Gasteiger partial charge in [0.25, 0.3) is 11.8 Å². The number of anilines is 1. The van der Waals surface area contributed by atoms with E-state index in [-0.39, 0.29) is 11.8 Å². The Kier molecular flexibility index (Phi) is 6.21. The molecule has 1 aliphatic rings. The van der Waals surface area contributed by atoms with Gasteiger partial charge in [0, 0.05) is 44.0 Å². The van der Waals surface area contributed by atoms with Gasteiger partial charge in [-0.25, -0.2) is 4.39 Å². The second-order valence-corrected chi connectivity index (χ2v) is 8.16. The summed E-state index contributed by atoms with van der Waals surface area (Å²) >= 11 is 1.41. The molecule has 2 amide bonds. The van der Waals surface area contributed by atoms with Crippen LogP contribution in [0.3, 0.4) is 0 Å². The molecule has 5 nitrogen and oxygen atoms in total. The number of rotatable bonds is 5. The summed E-state index contributed by atoms with van der Waals surface area (Å²) in [5.41, 5.74) is 2.26. The Labute approximate surface area is 178 Å². The first-order chi connectivity index (χ1) is 14.6. The molecule has 1 fully saturated rings. The van der Waals surface area contributed by atoms with Crippen molar-refractivity contribution < 1.29 is 14.0 Å². The maximum atomic E-state index is 13.4. The molecule has 0 bridgehead atoms. The zero-order valence-corrected chi connectivity index (χ0v) is 17.2. The first-order valence-corrected chi connectivity index (χ1v) is 10.7. The van der Waals surface area contributed by atoms with Crippen molar-refractivity contribution in [2.75, 3.05) is 31.5 Å². The third-order valence-electron chi connectivity index (χ3n) is 5.07. The SMILES string of the molecule is O=C(Nc1cccc(CN2CCN(C(=O)c3cccc(F)c3)CC2)c1)c1cccs1. The minimum Gasteiger partial charge on any atom is -0.336 e. The third kappa shape index (κ3) is 4.93. The number of hydrogen-bond acceptors (Lipinski definition) is 4. The Bertz CT molecular complexity index is 1030. The summed E-state index contributed by atoms with van der Waals surface area (Å²) in [7, 11) is 0. The van der Waals surface area contributed by atoms with Crippen LogP contribution >= 0.6 is 11.3 Å². The summed E-state index contributed by atoms with van der Waals surface area (Å²) in [4.78, 5) is 29.5. The summed E-state index contributed by atoms with van der Waals surface area (Å²) in [5.74, 6) is -0.635. The van der Waals surface area contributed by atoms with Gasteiger partial charge >= 0.3 is 0 Å². The number of hydrogen-bond donors (Lipinski definition) is 1. The van der Waals surface area contributed by atoms with Crippen LogP contribution in [-0.2, 0) is 6.54 Å². The first-order valence-electron chi connectivity index (χ1n) is 9.79. The van der Waals surface area contributed by atoms with Gasteiger partial charge in [-0.05, 0) is 47.3 Å². The monoisotopic (exact) mass is 423 g/mol. The summed E-state index contributed by atoms with van der Waals surface area (Å²) in [6.07, 6.45) is 0. The molecule has 4 rings (SSSR count). The van der Waals surface area contributed by atoms with Gasteiger partial charge in [-0.3, -0.25) is 14.5 Å². The van der Waals surface area contributed by atoms with E-state index in [0.29, 0.717) is 23.5 Å². The molecule has 0 aliphatic carbocycles. The Morgan fingerprint density at radius 3 is 2.50 bits per heavy atom. The smallest absolute Gasteiger partial charge is 0.265 e. The maximum absolute atomic E-state index is 13.4. The van der Waals surface area contributed by atoms with Crippen molar-refractivity contribution in [3.8, 4) is 0 Å². The lowest BCUT2D eigenvalue weighted by molar-refractivity contribution is 0.0628. The van der Waals surface area contributed by atoms with Gasteiger partial charge in [0.2, 0.25) is 0 Å². The van der Waals surface area contributed by atoms with Crippen molar-refractivity contribution in [2.45, 2.75) is 6.54 Å². The third-order valence-corrected chi connectivity index (χ3v) is 5.94. The van der Waals surface area contributed by atoms with E-state index in [1.807, 2.05) is 35.7 Å². The molecule has 7 heteroatoms. The van der Waals surface area contributed by atoms with E-state index in [0.717, 1.165) is 30.9 Å². The van der Waals surface area contributed by atoms with Crippen LogP contribution in [0.25, 0.3) is 0 Å². The number of thiophene rings is 1. The second-order valence-electron chi connectivity index (χ2n) is 7.21. The number of amides is 2. The van der Waals surface area contributed by atoms with Gasteiger partial charge in [0.1, 0.15) is 5.82 Å². The molecule has 1 saturated heterocycles. The van der Waals surface area contributed by atoms with Crippen molar-refractivity contribution in [2.24, 2.45) is 0 Å². The van der Waals surface area contributed by atoms with Gasteiger partial charge in [0.05, 0.1) is 4.88 Å². The summed E-state index contributed by atoms with van der Waals surface area (Å²) < 4.78 is 13.4. The molecule has 2 aromatic carbocycles. The van der Waals surface area contributed by atoms with E-state index in [2.05, 4.69) is 10.2 Å². The van der Waals surface area contributed by atoms with Crippen molar-refractivity contribution in [3.05, 3.63) is 87.9 Å². The van der Waals surface area contributed by atoms with Crippen molar-refractivity contribution in [1.29, 1.82) is 0 Å². The zero-order valence-electron chi connectivity index (χ0n) is 16.4. The number of nitrogens with zero attached hydrogens (tertiary/aromatic N) is 2. The van der Waals surface area contributed by atoms with Crippen LogP contribution in [0.2, 0.25) is 0 Å². The van der Waals surface area contributed by atoms with Crippen LogP contribution in [-0.4, -0.2) is 47.8 Å². The van der Waals surface area contributed by atoms with Gasteiger partial charge in [-0.2, -0.15) is 0 Å². The second kappa shape index (κ2) is 9.19. The fourth-order valence-corrected chi connectivity index (χ4v) is 4.14. The molecule has 0 spiro atoms. The van der Waals surface area contributed by atoms with Gasteiger partial charge in [-0.1, -0.05) is 24.3 Å². The lowest BCUT2D eigenvalue weighted by Crippen LogP contribution is -2.48. The molecule has 3 aromatic rings. The molecular formula is C23H22FN3O2S. The highest BCUT2D eigenvalue weighted by Crippen LogP contribution is 2.17. The molecule has 1 aliphatic heterocycles. The zero-order chi connectivity index (χ0) is 20.9. The van der Waals surface area contributed by atoms with Crippen LogP contribution in [0.5, 0.6) is 0 Å². The average Bonchev–Trinajstić information content (AvgIpc) is 3.29. The Balaban J connectivity index is 1.32. The highest BCUT2D eigenvalue weighted by Gasteiger charge is 2.22. The fourth-order valence-electron chi connectivity index (χ4n) is 3.52. The minimum absolute atomic E-state index is 0.105. The van der Waals surface area contributed by atoms with E-state index in [9.17, 15) is 14.0 Å². The average molecular weight is 424 g/mol. The Hall–Kier alpha value is -3.03. The van der Waals surface area contributed by atoms with Crippen molar-refractivity contribution >= 4 is 28.8 Å². The number of piperazine rings is 1. The van der Waals surface area contributed by atoms with Gasteiger partial charge in [-0.15, -0.1) is 11.3 Å². The topological polar surface area (TPSA) is 52.7 Å². The summed E-state index contributed by atoms with van der Waals surface area (Å²) in [6.45, 7) is 3.43. The lowest BCUT2D eigenvalue weighted by atomic mass is 10.1. The number of carbonyl (C=O) groups excluding carboxylic acids is 2. The van der Waals surface area contributed by atoms with E-state index in [1.54, 1.807) is 23.1 Å². The molecule has 30 heavy (non-hydrogen) atoms. The molecule has 0 saturated carbocycles. The molecule has 1 N–H and O–H groups in total. The molecular weight excluding hydrogens is 401 g/mol. The van der Waals surface area contributed by atoms with E-state index >= 15 is 0 Å². The minimum atomic E-state index is -0.398. The molecule has 0 unspecified atom stereocenters. The van der Waals surface area contributed by atoms with Crippen molar-refractivity contribution in [3.63, 3.8) is 0 Å².